The third-order valence-corrected chi connectivity index (χ3v) is 11.3. The molecule has 0 saturated carbocycles. The van der Waals surface area contributed by atoms with E-state index in [1.54, 1.807) is 0 Å². The normalized spacial score (nSPS) is 12.2. The highest BCUT2D eigenvalue weighted by atomic mass is 16.4. The molecule has 0 amide bonds. The van der Waals surface area contributed by atoms with Gasteiger partial charge in [-0.3, -0.25) is 9.13 Å². The van der Waals surface area contributed by atoms with Crippen molar-refractivity contribution in [1.29, 1.82) is 0 Å². The zero-order valence-electron chi connectivity index (χ0n) is 28.6. The van der Waals surface area contributed by atoms with Crippen LogP contribution in [0.25, 0.3) is 110 Å². The molecule has 0 aliphatic carbocycles. The molecule has 12 rings (SSSR count). The summed E-state index contributed by atoms with van der Waals surface area (Å²) in [5, 5.41) is 14.3. The van der Waals surface area contributed by atoms with Gasteiger partial charge in [-0.1, -0.05) is 146 Å². The average Bonchev–Trinajstić information content (AvgIpc) is 3.85. The molecule has 0 saturated heterocycles. The van der Waals surface area contributed by atoms with Gasteiger partial charge in [0.15, 0.2) is 0 Å². The second-order valence-electron chi connectivity index (χ2n) is 14.1. The Morgan fingerprint density at radius 3 is 1.77 bits per heavy atom. The number of aromatic nitrogens is 2. The molecule has 0 bridgehead atoms. The third kappa shape index (κ3) is 3.99. The maximum Gasteiger partial charge on any atom is 0.215 e. The maximum atomic E-state index is 7.31. The van der Waals surface area contributed by atoms with Crippen LogP contribution in [0, 0.1) is 0 Å². The number of fused-ring (bicyclic) bond motifs is 12. The SMILES string of the molecule is c1ccc(-n2c3oc4c(c5cc6ccccc6cc5n4-c4ccc(-c5ccc6ccccc6c5)c5ccccc45)c3c3ccc4ccccc4c32)cc1. The molecule has 12 aromatic rings. The summed E-state index contributed by atoms with van der Waals surface area (Å²) in [4.78, 5) is 0. The summed E-state index contributed by atoms with van der Waals surface area (Å²) in [7, 11) is 0. The highest BCUT2D eigenvalue weighted by molar-refractivity contribution is 6.31. The Morgan fingerprint density at radius 2 is 0.962 bits per heavy atom. The standard InChI is InChI=1S/C50H30N2O/c1-2-17-37(18-3-1)51-48-39-19-9-8-13-32(39)24-25-42(48)46-47-43-29-34-15-6-7-16-35(34)30-45(43)52(50(47)53-49(46)51)44-27-26-38(40-20-10-11-21-41(40)44)36-23-22-31-12-4-5-14-33(31)28-36/h1-30H. The number of furan rings is 1. The van der Waals surface area contributed by atoms with Gasteiger partial charge in [-0.15, -0.1) is 0 Å². The van der Waals surface area contributed by atoms with Crippen LogP contribution < -0.4 is 0 Å². The van der Waals surface area contributed by atoms with E-state index >= 15 is 0 Å². The predicted molar refractivity (Wildman–Crippen MR) is 223 cm³/mol. The van der Waals surface area contributed by atoms with E-state index in [0.29, 0.717) is 0 Å². The first-order valence-corrected chi connectivity index (χ1v) is 18.2. The predicted octanol–water partition coefficient (Wildman–Crippen LogP) is 13.8. The van der Waals surface area contributed by atoms with Gasteiger partial charge in [0, 0.05) is 27.2 Å². The summed E-state index contributed by atoms with van der Waals surface area (Å²) in [6.07, 6.45) is 0. The summed E-state index contributed by atoms with van der Waals surface area (Å²) in [6, 6.07) is 65.9. The van der Waals surface area contributed by atoms with Crippen molar-refractivity contribution in [3.05, 3.63) is 182 Å². The molecule has 0 fully saturated rings. The van der Waals surface area contributed by atoms with E-state index in [9.17, 15) is 0 Å². The Morgan fingerprint density at radius 1 is 0.358 bits per heavy atom. The molecule has 0 radical (unpaired) electrons. The van der Waals surface area contributed by atoms with Gasteiger partial charge in [0.2, 0.25) is 11.4 Å². The van der Waals surface area contributed by atoms with Crippen molar-refractivity contribution in [2.24, 2.45) is 0 Å². The molecule has 3 aromatic heterocycles. The molecule has 0 N–H and O–H groups in total. The van der Waals surface area contributed by atoms with E-state index in [1.165, 1.54) is 65.0 Å². The zero-order valence-corrected chi connectivity index (χ0v) is 28.6. The molecule has 0 unspecified atom stereocenters. The van der Waals surface area contributed by atoms with Crippen molar-refractivity contribution in [3.8, 4) is 22.5 Å². The molecule has 0 aliphatic rings. The van der Waals surface area contributed by atoms with Crippen molar-refractivity contribution >= 4 is 87.1 Å². The minimum atomic E-state index is 0.851. The maximum absolute atomic E-state index is 7.31. The quantitative estimate of drug-likeness (QED) is 0.183. The fraction of sp³-hybridized carbons (Fsp3) is 0. The number of hydrogen-bond donors (Lipinski definition) is 0. The summed E-state index contributed by atoms with van der Waals surface area (Å²) >= 11 is 0. The molecule has 0 spiro atoms. The summed E-state index contributed by atoms with van der Waals surface area (Å²) in [5.74, 6) is 0. The van der Waals surface area contributed by atoms with Gasteiger partial charge in [-0.05, 0) is 79.8 Å². The lowest BCUT2D eigenvalue weighted by Gasteiger charge is -2.15. The highest BCUT2D eigenvalue weighted by Crippen LogP contribution is 2.47. The fourth-order valence-corrected chi connectivity index (χ4v) is 8.89. The van der Waals surface area contributed by atoms with Gasteiger partial charge in [0.25, 0.3) is 0 Å². The number of rotatable bonds is 3. The molecule has 0 aliphatic heterocycles. The minimum Gasteiger partial charge on any atom is -0.422 e. The smallest absolute Gasteiger partial charge is 0.215 e. The van der Waals surface area contributed by atoms with Gasteiger partial charge in [-0.25, -0.2) is 0 Å². The van der Waals surface area contributed by atoms with Crippen LogP contribution in [-0.4, -0.2) is 9.13 Å². The molecule has 3 heteroatoms. The first kappa shape index (κ1) is 28.6. The zero-order chi connectivity index (χ0) is 34.6. The molecule has 3 heterocycles. The summed E-state index contributed by atoms with van der Waals surface area (Å²) in [6.45, 7) is 0. The van der Waals surface area contributed by atoms with Crippen LogP contribution in [-0.2, 0) is 0 Å². The highest BCUT2D eigenvalue weighted by Gasteiger charge is 2.27. The van der Waals surface area contributed by atoms with Crippen LogP contribution in [0.5, 0.6) is 0 Å². The topological polar surface area (TPSA) is 23.0 Å². The van der Waals surface area contributed by atoms with Gasteiger partial charge >= 0.3 is 0 Å². The first-order valence-electron chi connectivity index (χ1n) is 18.2. The van der Waals surface area contributed by atoms with Crippen LogP contribution in [0.15, 0.2) is 186 Å². The van der Waals surface area contributed by atoms with E-state index in [2.05, 4.69) is 191 Å². The van der Waals surface area contributed by atoms with E-state index in [1.807, 2.05) is 0 Å². The van der Waals surface area contributed by atoms with Crippen molar-refractivity contribution in [2.45, 2.75) is 0 Å². The van der Waals surface area contributed by atoms with Crippen LogP contribution in [0.4, 0.5) is 0 Å². The average molecular weight is 675 g/mol. The van der Waals surface area contributed by atoms with E-state index in [0.717, 1.165) is 44.6 Å². The van der Waals surface area contributed by atoms with Crippen LogP contribution in [0.2, 0.25) is 0 Å². The van der Waals surface area contributed by atoms with Crippen molar-refractivity contribution in [2.75, 3.05) is 0 Å². The van der Waals surface area contributed by atoms with Gasteiger partial charge < -0.3 is 4.42 Å². The second kappa shape index (κ2) is 10.7. The summed E-state index contributed by atoms with van der Waals surface area (Å²) in [5.41, 5.74) is 8.59. The molecule has 3 nitrogen and oxygen atoms in total. The Hall–Kier alpha value is -7.10. The number of hydrogen-bond acceptors (Lipinski definition) is 1. The van der Waals surface area contributed by atoms with Gasteiger partial charge in [0.1, 0.15) is 0 Å². The van der Waals surface area contributed by atoms with Crippen molar-refractivity contribution in [3.63, 3.8) is 0 Å². The molecular weight excluding hydrogens is 645 g/mol. The van der Waals surface area contributed by atoms with E-state index < -0.39 is 0 Å². The lowest BCUT2D eigenvalue weighted by Crippen LogP contribution is -1.97. The lowest BCUT2D eigenvalue weighted by molar-refractivity contribution is 0.625. The van der Waals surface area contributed by atoms with Crippen molar-refractivity contribution < 1.29 is 4.42 Å². The first-order chi connectivity index (χ1) is 26.3. The molecular formula is C50H30N2O. The second-order valence-corrected chi connectivity index (χ2v) is 14.1. The molecule has 0 atom stereocenters. The fourth-order valence-electron chi connectivity index (χ4n) is 8.89. The Kier molecular flexibility index (Phi) is 5.77. The van der Waals surface area contributed by atoms with Crippen LogP contribution in [0.1, 0.15) is 0 Å². The van der Waals surface area contributed by atoms with Gasteiger partial charge in [0.05, 0.1) is 27.5 Å². The molecule has 9 aromatic carbocycles. The number of benzene rings is 9. The third-order valence-electron chi connectivity index (χ3n) is 11.3. The lowest BCUT2D eigenvalue weighted by atomic mass is 9.95. The minimum absolute atomic E-state index is 0.851. The monoisotopic (exact) mass is 674 g/mol. The summed E-state index contributed by atoms with van der Waals surface area (Å²) < 4.78 is 12.0. The van der Waals surface area contributed by atoms with Crippen LogP contribution in [0.3, 0.4) is 0 Å². The largest absolute Gasteiger partial charge is 0.422 e. The number of nitrogens with zero attached hydrogens (tertiary/aromatic N) is 2. The molecule has 53 heavy (non-hydrogen) atoms. The number of para-hydroxylation sites is 1. The Balaban J connectivity index is 1.24. The van der Waals surface area contributed by atoms with E-state index in [4.69, 9.17) is 4.42 Å². The Labute approximate surface area is 304 Å². The molecule has 246 valence electrons. The Bertz CT molecular complexity index is 3450. The van der Waals surface area contributed by atoms with E-state index in [-0.39, 0.29) is 0 Å². The van der Waals surface area contributed by atoms with Crippen molar-refractivity contribution in [1.82, 2.24) is 9.13 Å². The van der Waals surface area contributed by atoms with Gasteiger partial charge in [-0.2, -0.15) is 0 Å². The van der Waals surface area contributed by atoms with Crippen LogP contribution >= 0.6 is 0 Å².